The molecule has 1 rings (SSSR count). The highest BCUT2D eigenvalue weighted by molar-refractivity contribution is 5.80. The molecule has 0 radical (unpaired) electrons. The lowest BCUT2D eigenvalue weighted by Crippen LogP contribution is -2.30. The van der Waals surface area contributed by atoms with E-state index in [1.54, 1.807) is 0 Å². The van der Waals surface area contributed by atoms with E-state index in [2.05, 4.69) is 10.2 Å². The summed E-state index contributed by atoms with van der Waals surface area (Å²) in [5.74, 6) is -0.175. The van der Waals surface area contributed by atoms with Crippen molar-refractivity contribution < 1.29 is 4.79 Å². The lowest BCUT2D eigenvalue weighted by Gasteiger charge is -2.04. The molecule has 2 unspecified atom stereocenters. The van der Waals surface area contributed by atoms with E-state index in [4.69, 9.17) is 5.73 Å². The van der Waals surface area contributed by atoms with Crippen molar-refractivity contribution in [2.24, 2.45) is 21.9 Å². The first kappa shape index (κ1) is 6.19. The monoisotopic (exact) mass is 127 g/mol. The van der Waals surface area contributed by atoms with E-state index in [1.165, 1.54) is 0 Å². The molecule has 4 nitrogen and oxygen atoms in total. The molecule has 1 amide bonds. The molecule has 1 aliphatic rings. The number of primary amides is 1. The third kappa shape index (κ3) is 1.06. The highest BCUT2D eigenvalue weighted by Crippen LogP contribution is 2.14. The van der Waals surface area contributed by atoms with E-state index >= 15 is 0 Å². The van der Waals surface area contributed by atoms with Gasteiger partial charge in [0.2, 0.25) is 5.91 Å². The van der Waals surface area contributed by atoms with Crippen molar-refractivity contribution in [3.05, 3.63) is 0 Å². The molecule has 1 aliphatic heterocycles. The van der Waals surface area contributed by atoms with Crippen LogP contribution in [0.5, 0.6) is 0 Å². The van der Waals surface area contributed by atoms with E-state index in [9.17, 15) is 4.79 Å². The van der Waals surface area contributed by atoms with Crippen molar-refractivity contribution in [3.63, 3.8) is 0 Å². The summed E-state index contributed by atoms with van der Waals surface area (Å²) >= 11 is 0. The molecule has 2 atom stereocenters. The van der Waals surface area contributed by atoms with Crippen LogP contribution in [0.1, 0.15) is 6.92 Å². The molecular weight excluding hydrogens is 118 g/mol. The van der Waals surface area contributed by atoms with Gasteiger partial charge in [-0.2, -0.15) is 10.2 Å². The van der Waals surface area contributed by atoms with Crippen LogP contribution in [0.4, 0.5) is 0 Å². The zero-order valence-corrected chi connectivity index (χ0v) is 5.24. The number of azo groups is 1. The first-order valence-corrected chi connectivity index (χ1v) is 2.87. The van der Waals surface area contributed by atoms with Crippen LogP contribution in [0, 0.1) is 5.92 Å². The standard InChI is InChI=1S/C5H9N3O/c1-3-2-7-8-4(3)5(6)9/h3-4H,2H2,1H3,(H2,6,9). The summed E-state index contributed by atoms with van der Waals surface area (Å²) in [5, 5.41) is 7.36. The largest absolute Gasteiger partial charge is 0.368 e. The first-order chi connectivity index (χ1) is 4.22. The molecule has 0 aliphatic carbocycles. The van der Waals surface area contributed by atoms with Crippen molar-refractivity contribution in [2.75, 3.05) is 6.54 Å². The van der Waals surface area contributed by atoms with E-state index < -0.39 is 0 Å². The minimum absolute atomic E-state index is 0.197. The number of amides is 1. The van der Waals surface area contributed by atoms with Crippen molar-refractivity contribution in [1.29, 1.82) is 0 Å². The molecule has 0 aromatic heterocycles. The lowest BCUT2D eigenvalue weighted by molar-refractivity contribution is -0.119. The Hall–Kier alpha value is -0.930. The minimum atomic E-state index is -0.372. The normalized spacial score (nSPS) is 33.0. The van der Waals surface area contributed by atoms with E-state index in [0.717, 1.165) is 0 Å². The van der Waals surface area contributed by atoms with E-state index in [0.29, 0.717) is 6.54 Å². The van der Waals surface area contributed by atoms with Crippen LogP contribution in [0.15, 0.2) is 10.2 Å². The van der Waals surface area contributed by atoms with Crippen LogP contribution < -0.4 is 5.73 Å². The van der Waals surface area contributed by atoms with Crippen molar-refractivity contribution in [1.82, 2.24) is 0 Å². The Morgan fingerprint density at radius 1 is 1.78 bits per heavy atom. The molecule has 0 saturated carbocycles. The Balaban J connectivity index is 2.59. The summed E-state index contributed by atoms with van der Waals surface area (Å²) in [6.45, 7) is 2.54. The molecule has 0 bridgehead atoms. The van der Waals surface area contributed by atoms with Gasteiger partial charge in [-0.3, -0.25) is 4.79 Å². The molecule has 4 heteroatoms. The smallest absolute Gasteiger partial charge is 0.244 e. The summed E-state index contributed by atoms with van der Waals surface area (Å²) in [4.78, 5) is 10.5. The number of rotatable bonds is 1. The SMILES string of the molecule is CC1CN=NC1C(N)=O. The lowest BCUT2D eigenvalue weighted by atomic mass is 10.0. The number of nitrogens with two attached hydrogens (primary N) is 1. The molecule has 2 N–H and O–H groups in total. The maximum Gasteiger partial charge on any atom is 0.244 e. The summed E-state index contributed by atoms with van der Waals surface area (Å²) < 4.78 is 0. The molecule has 0 aromatic rings. The number of hydrogen-bond donors (Lipinski definition) is 1. The highest BCUT2D eigenvalue weighted by Gasteiger charge is 2.25. The van der Waals surface area contributed by atoms with Crippen LogP contribution in [0.25, 0.3) is 0 Å². The number of carbonyl (C=O) groups excluding carboxylic acids is 1. The fourth-order valence-electron chi connectivity index (χ4n) is 0.815. The third-order valence-electron chi connectivity index (χ3n) is 1.41. The van der Waals surface area contributed by atoms with Gasteiger partial charge in [-0.15, -0.1) is 0 Å². The van der Waals surface area contributed by atoms with Gasteiger partial charge in [0.05, 0.1) is 6.54 Å². The van der Waals surface area contributed by atoms with Gasteiger partial charge in [0.25, 0.3) is 0 Å². The number of nitrogens with zero attached hydrogens (tertiary/aromatic N) is 2. The topological polar surface area (TPSA) is 67.8 Å². The number of carbonyl (C=O) groups is 1. The molecule has 0 spiro atoms. The Morgan fingerprint density at radius 3 is 2.67 bits per heavy atom. The van der Waals surface area contributed by atoms with Crippen molar-refractivity contribution in [2.45, 2.75) is 13.0 Å². The van der Waals surface area contributed by atoms with Gasteiger partial charge in [-0.25, -0.2) is 0 Å². The first-order valence-electron chi connectivity index (χ1n) is 2.87. The van der Waals surface area contributed by atoms with Crippen LogP contribution in [0.3, 0.4) is 0 Å². The van der Waals surface area contributed by atoms with Gasteiger partial charge in [0.15, 0.2) is 6.04 Å². The fourth-order valence-corrected chi connectivity index (χ4v) is 0.815. The van der Waals surface area contributed by atoms with Crippen LogP contribution in [-0.4, -0.2) is 18.5 Å². The predicted molar refractivity (Wildman–Crippen MR) is 31.9 cm³/mol. The molecule has 1 heterocycles. The molecule has 0 saturated heterocycles. The molecule has 50 valence electrons. The van der Waals surface area contributed by atoms with Gasteiger partial charge in [-0.05, 0) is 0 Å². The number of hydrogen-bond acceptors (Lipinski definition) is 3. The predicted octanol–water partition coefficient (Wildman–Crippen LogP) is -0.0578. The highest BCUT2D eigenvalue weighted by atomic mass is 16.1. The van der Waals surface area contributed by atoms with Gasteiger partial charge >= 0.3 is 0 Å². The zero-order valence-electron chi connectivity index (χ0n) is 5.24. The minimum Gasteiger partial charge on any atom is -0.368 e. The Morgan fingerprint density at radius 2 is 2.44 bits per heavy atom. The second-order valence-corrected chi connectivity index (χ2v) is 2.26. The summed E-state index contributed by atoms with van der Waals surface area (Å²) in [7, 11) is 0. The summed E-state index contributed by atoms with van der Waals surface area (Å²) in [6.07, 6.45) is 0. The molecule has 9 heavy (non-hydrogen) atoms. The Kier molecular flexibility index (Phi) is 1.46. The fraction of sp³-hybridized carbons (Fsp3) is 0.800. The van der Waals surface area contributed by atoms with Gasteiger partial charge in [0.1, 0.15) is 0 Å². The summed E-state index contributed by atoms with van der Waals surface area (Å²) in [5.41, 5.74) is 5.00. The maximum atomic E-state index is 10.5. The van der Waals surface area contributed by atoms with Crippen LogP contribution >= 0.6 is 0 Å². The Labute approximate surface area is 53.1 Å². The molecule has 0 aromatic carbocycles. The van der Waals surface area contributed by atoms with Gasteiger partial charge in [0, 0.05) is 5.92 Å². The van der Waals surface area contributed by atoms with E-state index in [-0.39, 0.29) is 17.9 Å². The van der Waals surface area contributed by atoms with Gasteiger partial charge in [-0.1, -0.05) is 6.92 Å². The average molecular weight is 127 g/mol. The van der Waals surface area contributed by atoms with Crippen molar-refractivity contribution in [3.8, 4) is 0 Å². The zero-order chi connectivity index (χ0) is 6.85. The maximum absolute atomic E-state index is 10.5. The molecule has 0 fully saturated rings. The van der Waals surface area contributed by atoms with Crippen LogP contribution in [0.2, 0.25) is 0 Å². The van der Waals surface area contributed by atoms with Crippen LogP contribution in [-0.2, 0) is 4.79 Å². The summed E-state index contributed by atoms with van der Waals surface area (Å²) in [6, 6.07) is -0.370. The van der Waals surface area contributed by atoms with Crippen molar-refractivity contribution >= 4 is 5.91 Å². The quantitative estimate of drug-likeness (QED) is 0.526. The Bertz CT molecular complexity index is 154. The molecular formula is C5H9N3O. The average Bonchev–Trinajstić information content (AvgIpc) is 2.13. The second kappa shape index (κ2) is 2.13. The van der Waals surface area contributed by atoms with E-state index in [1.807, 2.05) is 6.92 Å². The third-order valence-corrected chi connectivity index (χ3v) is 1.41. The van der Waals surface area contributed by atoms with Gasteiger partial charge < -0.3 is 5.73 Å². The second-order valence-electron chi connectivity index (χ2n) is 2.26.